The SMILES string of the molecule is COc1cccc2cc([C@H](C)NC(=O)[C@@H]3CC(=O)N(C4CC4)C3)oc12. The minimum Gasteiger partial charge on any atom is -0.493 e. The van der Waals surface area contributed by atoms with Crippen molar-refractivity contribution in [2.75, 3.05) is 13.7 Å². The van der Waals surface area contributed by atoms with E-state index in [2.05, 4.69) is 5.32 Å². The molecule has 4 rings (SSSR count). The van der Waals surface area contributed by atoms with E-state index in [1.54, 1.807) is 7.11 Å². The number of hydrogen-bond donors (Lipinski definition) is 1. The van der Waals surface area contributed by atoms with E-state index in [9.17, 15) is 9.59 Å². The van der Waals surface area contributed by atoms with Gasteiger partial charge >= 0.3 is 0 Å². The molecule has 25 heavy (non-hydrogen) atoms. The van der Waals surface area contributed by atoms with Gasteiger partial charge in [0.15, 0.2) is 11.3 Å². The fourth-order valence-corrected chi connectivity index (χ4v) is 3.48. The summed E-state index contributed by atoms with van der Waals surface area (Å²) in [6, 6.07) is 7.71. The molecule has 2 aromatic rings. The largest absolute Gasteiger partial charge is 0.493 e. The van der Waals surface area contributed by atoms with Gasteiger partial charge in [0.2, 0.25) is 11.8 Å². The van der Waals surface area contributed by atoms with E-state index in [4.69, 9.17) is 9.15 Å². The molecule has 1 aromatic carbocycles. The second kappa shape index (κ2) is 6.10. The van der Waals surface area contributed by atoms with Gasteiger partial charge in [0, 0.05) is 24.4 Å². The van der Waals surface area contributed by atoms with Crippen LogP contribution in [0.25, 0.3) is 11.0 Å². The molecule has 0 spiro atoms. The van der Waals surface area contributed by atoms with Crippen molar-refractivity contribution in [1.29, 1.82) is 0 Å². The number of fused-ring (bicyclic) bond motifs is 1. The number of likely N-dealkylation sites (tertiary alicyclic amines) is 1. The Morgan fingerprint density at radius 1 is 1.40 bits per heavy atom. The molecule has 1 aliphatic carbocycles. The second-order valence-corrected chi connectivity index (χ2v) is 6.94. The lowest BCUT2D eigenvalue weighted by Gasteiger charge is -2.17. The molecule has 1 aromatic heterocycles. The molecule has 1 saturated heterocycles. The van der Waals surface area contributed by atoms with E-state index < -0.39 is 0 Å². The third kappa shape index (κ3) is 2.97. The van der Waals surface area contributed by atoms with Crippen molar-refractivity contribution < 1.29 is 18.7 Å². The zero-order valence-electron chi connectivity index (χ0n) is 14.5. The van der Waals surface area contributed by atoms with Crippen molar-refractivity contribution in [3.8, 4) is 5.75 Å². The summed E-state index contributed by atoms with van der Waals surface area (Å²) in [5.74, 6) is 1.09. The lowest BCUT2D eigenvalue weighted by Crippen LogP contribution is -2.34. The number of nitrogens with one attached hydrogen (secondary N) is 1. The number of furan rings is 1. The Morgan fingerprint density at radius 2 is 2.20 bits per heavy atom. The molecular formula is C19H22N2O4. The van der Waals surface area contributed by atoms with Gasteiger partial charge in [-0.25, -0.2) is 0 Å². The van der Waals surface area contributed by atoms with Crippen molar-refractivity contribution in [2.45, 2.75) is 38.3 Å². The highest BCUT2D eigenvalue weighted by atomic mass is 16.5. The van der Waals surface area contributed by atoms with E-state index in [0.29, 0.717) is 36.1 Å². The highest BCUT2D eigenvalue weighted by molar-refractivity contribution is 5.90. The summed E-state index contributed by atoms with van der Waals surface area (Å²) >= 11 is 0. The molecule has 1 saturated carbocycles. The molecule has 132 valence electrons. The Balaban J connectivity index is 1.45. The van der Waals surface area contributed by atoms with Crippen LogP contribution in [0.5, 0.6) is 5.75 Å². The minimum atomic E-state index is -0.269. The monoisotopic (exact) mass is 342 g/mol. The first-order valence-electron chi connectivity index (χ1n) is 8.73. The summed E-state index contributed by atoms with van der Waals surface area (Å²) in [5, 5.41) is 3.92. The first-order chi connectivity index (χ1) is 12.1. The van der Waals surface area contributed by atoms with Crippen LogP contribution in [0.3, 0.4) is 0 Å². The fourth-order valence-electron chi connectivity index (χ4n) is 3.48. The molecule has 2 amide bonds. The molecule has 1 aliphatic heterocycles. The molecule has 1 N–H and O–H groups in total. The van der Waals surface area contributed by atoms with Gasteiger partial charge < -0.3 is 19.4 Å². The predicted octanol–water partition coefficient (Wildman–Crippen LogP) is 2.63. The van der Waals surface area contributed by atoms with E-state index in [-0.39, 0.29) is 23.8 Å². The summed E-state index contributed by atoms with van der Waals surface area (Å²) in [6.45, 7) is 2.42. The molecule has 0 bridgehead atoms. The van der Waals surface area contributed by atoms with Crippen LogP contribution in [-0.2, 0) is 9.59 Å². The molecule has 2 heterocycles. The normalized spacial score (nSPS) is 21.6. The third-order valence-corrected chi connectivity index (χ3v) is 5.05. The first-order valence-corrected chi connectivity index (χ1v) is 8.73. The van der Waals surface area contributed by atoms with Gasteiger partial charge in [-0.15, -0.1) is 0 Å². The molecule has 2 fully saturated rings. The van der Waals surface area contributed by atoms with Crippen LogP contribution in [0, 0.1) is 5.92 Å². The molecular weight excluding hydrogens is 320 g/mol. The highest BCUT2D eigenvalue weighted by Gasteiger charge is 2.41. The van der Waals surface area contributed by atoms with Crippen LogP contribution in [0.1, 0.15) is 38.0 Å². The van der Waals surface area contributed by atoms with Crippen molar-refractivity contribution in [3.63, 3.8) is 0 Å². The van der Waals surface area contributed by atoms with Gasteiger partial charge in [-0.3, -0.25) is 9.59 Å². The number of methoxy groups -OCH3 is 1. The van der Waals surface area contributed by atoms with E-state index in [1.807, 2.05) is 36.1 Å². The van der Waals surface area contributed by atoms with Crippen molar-refractivity contribution >= 4 is 22.8 Å². The smallest absolute Gasteiger partial charge is 0.226 e. The van der Waals surface area contributed by atoms with Crippen molar-refractivity contribution in [1.82, 2.24) is 10.2 Å². The van der Waals surface area contributed by atoms with Crippen LogP contribution in [0.2, 0.25) is 0 Å². The molecule has 6 heteroatoms. The van der Waals surface area contributed by atoms with Gasteiger partial charge in [0.25, 0.3) is 0 Å². The summed E-state index contributed by atoms with van der Waals surface area (Å²) in [7, 11) is 1.60. The molecule has 2 atom stereocenters. The van der Waals surface area contributed by atoms with Gasteiger partial charge in [-0.05, 0) is 31.9 Å². The fraction of sp³-hybridized carbons (Fsp3) is 0.474. The number of rotatable bonds is 5. The van der Waals surface area contributed by atoms with Gasteiger partial charge in [-0.2, -0.15) is 0 Å². The van der Waals surface area contributed by atoms with Crippen LogP contribution in [-0.4, -0.2) is 36.4 Å². The number of carbonyl (C=O) groups is 2. The molecule has 0 unspecified atom stereocenters. The average molecular weight is 342 g/mol. The van der Waals surface area contributed by atoms with Crippen molar-refractivity contribution in [3.05, 3.63) is 30.0 Å². The summed E-state index contributed by atoms with van der Waals surface area (Å²) < 4.78 is 11.2. The number of nitrogens with zero attached hydrogens (tertiary/aromatic N) is 1. The average Bonchev–Trinajstić information content (AvgIpc) is 3.21. The molecule has 0 radical (unpaired) electrons. The Morgan fingerprint density at radius 3 is 2.92 bits per heavy atom. The maximum Gasteiger partial charge on any atom is 0.226 e. The predicted molar refractivity (Wildman–Crippen MR) is 92.2 cm³/mol. The third-order valence-electron chi connectivity index (χ3n) is 5.05. The highest BCUT2D eigenvalue weighted by Crippen LogP contribution is 2.34. The number of ether oxygens (including phenoxy) is 1. The maximum absolute atomic E-state index is 12.5. The van der Waals surface area contributed by atoms with Crippen LogP contribution < -0.4 is 10.1 Å². The van der Waals surface area contributed by atoms with E-state index in [1.165, 1.54) is 0 Å². The Labute approximate surface area is 146 Å². The number of para-hydroxylation sites is 1. The summed E-state index contributed by atoms with van der Waals surface area (Å²) in [6.07, 6.45) is 2.44. The maximum atomic E-state index is 12.5. The lowest BCUT2D eigenvalue weighted by atomic mass is 10.1. The lowest BCUT2D eigenvalue weighted by molar-refractivity contribution is -0.129. The zero-order valence-corrected chi connectivity index (χ0v) is 14.5. The number of amides is 2. The topological polar surface area (TPSA) is 71.8 Å². The number of carbonyl (C=O) groups excluding carboxylic acids is 2. The van der Waals surface area contributed by atoms with Crippen molar-refractivity contribution in [2.24, 2.45) is 5.92 Å². The molecule has 6 nitrogen and oxygen atoms in total. The Hall–Kier alpha value is -2.50. The van der Waals surface area contributed by atoms with Crippen LogP contribution in [0.4, 0.5) is 0 Å². The summed E-state index contributed by atoms with van der Waals surface area (Å²) in [4.78, 5) is 26.4. The van der Waals surface area contributed by atoms with Crippen LogP contribution >= 0.6 is 0 Å². The molecule has 2 aliphatic rings. The first kappa shape index (κ1) is 16.0. The van der Waals surface area contributed by atoms with E-state index >= 15 is 0 Å². The quantitative estimate of drug-likeness (QED) is 0.907. The summed E-state index contributed by atoms with van der Waals surface area (Å²) in [5.41, 5.74) is 0.678. The van der Waals surface area contributed by atoms with E-state index in [0.717, 1.165) is 18.2 Å². The van der Waals surface area contributed by atoms with Gasteiger partial charge in [0.05, 0.1) is 19.1 Å². The number of benzene rings is 1. The van der Waals surface area contributed by atoms with Gasteiger partial charge in [-0.1, -0.05) is 12.1 Å². The number of hydrogen-bond acceptors (Lipinski definition) is 4. The van der Waals surface area contributed by atoms with Crippen LogP contribution in [0.15, 0.2) is 28.7 Å². The minimum absolute atomic E-state index is 0.0866. The second-order valence-electron chi connectivity index (χ2n) is 6.94. The zero-order chi connectivity index (χ0) is 17.6. The Kier molecular flexibility index (Phi) is 3.90. The Bertz CT molecular complexity index is 824. The van der Waals surface area contributed by atoms with Gasteiger partial charge in [0.1, 0.15) is 5.76 Å². The standard InChI is InChI=1S/C19H22N2O4/c1-11(16-8-12-4-3-5-15(24-2)18(12)25-16)20-19(23)13-9-17(22)21(10-13)14-6-7-14/h3-5,8,11,13-14H,6-7,9-10H2,1-2H3,(H,20,23)/t11-,13+/m0/s1.